The van der Waals surface area contributed by atoms with E-state index in [0.29, 0.717) is 5.75 Å². The molecule has 2 bridgehead atoms. The molecule has 33 heavy (non-hydrogen) atoms. The first kappa shape index (κ1) is 22.3. The minimum Gasteiger partial charge on any atom is -0.507 e. The minimum absolute atomic E-state index is 0.174. The van der Waals surface area contributed by atoms with Crippen LogP contribution in [0.2, 0.25) is 0 Å². The van der Waals surface area contributed by atoms with E-state index in [4.69, 9.17) is 0 Å². The maximum Gasteiger partial charge on any atom is 0.129 e. The van der Waals surface area contributed by atoms with Gasteiger partial charge in [-0.3, -0.25) is 9.58 Å². The van der Waals surface area contributed by atoms with Gasteiger partial charge in [-0.1, -0.05) is 0 Å². The van der Waals surface area contributed by atoms with Crippen LogP contribution in [0.1, 0.15) is 48.8 Å². The number of phenols is 1. The number of aryl methyl sites for hydroxylation is 1. The number of phenolic OH excluding ortho intramolecular Hbond substituents is 1. The Labute approximate surface area is 210 Å². The Morgan fingerprint density at radius 3 is 2.67 bits per heavy atom. The lowest BCUT2D eigenvalue weighted by Crippen LogP contribution is -2.71. The van der Waals surface area contributed by atoms with E-state index in [0.717, 1.165) is 74.4 Å². The Morgan fingerprint density at radius 1 is 1.12 bits per heavy atom. The summed E-state index contributed by atoms with van der Waals surface area (Å²) in [6, 6.07) is 4.35. The smallest absolute Gasteiger partial charge is 0.129 e. The number of hydrogen-bond acceptors (Lipinski definition) is 5. The fraction of sp³-hybridized carbons (Fsp3) is 0.654. The second-order valence-corrected chi connectivity index (χ2v) is 12.2. The highest BCUT2D eigenvalue weighted by Gasteiger charge is 2.63. The van der Waals surface area contributed by atoms with Crippen molar-refractivity contribution in [3.63, 3.8) is 0 Å². The summed E-state index contributed by atoms with van der Waals surface area (Å²) in [5, 5.41) is 27.7. The average molecular weight is 562 g/mol. The van der Waals surface area contributed by atoms with E-state index in [2.05, 4.69) is 56.7 Å². The molecule has 4 aliphatic rings. The van der Waals surface area contributed by atoms with Gasteiger partial charge in [-0.05, 0) is 116 Å². The lowest BCUT2D eigenvalue weighted by Gasteiger charge is -2.61. The van der Waals surface area contributed by atoms with E-state index >= 15 is 0 Å². The van der Waals surface area contributed by atoms with Crippen molar-refractivity contribution in [2.24, 2.45) is 5.92 Å². The molecule has 2 N–H and O–H groups in total. The van der Waals surface area contributed by atoms with E-state index in [1.807, 2.05) is 16.9 Å². The molecule has 0 amide bonds. The number of hydrogen-bond donors (Lipinski definition) is 2. The van der Waals surface area contributed by atoms with E-state index in [-0.39, 0.29) is 11.5 Å². The van der Waals surface area contributed by atoms with E-state index in [1.165, 1.54) is 29.5 Å². The first-order chi connectivity index (χ1) is 15.9. The van der Waals surface area contributed by atoms with Gasteiger partial charge in [-0.15, -0.1) is 0 Å². The molecule has 3 atom stereocenters. The molecule has 178 valence electrons. The number of nitrogens with zero attached hydrogens (tertiary/aromatic N) is 4. The van der Waals surface area contributed by atoms with Gasteiger partial charge in [0.1, 0.15) is 5.75 Å². The normalized spacial score (nSPS) is 32.3. The fourth-order valence-electron chi connectivity index (χ4n) is 7.00. The molecule has 0 radical (unpaired) electrons. The van der Waals surface area contributed by atoms with E-state index in [1.54, 1.807) is 0 Å². The van der Waals surface area contributed by atoms with Crippen molar-refractivity contribution in [2.75, 3.05) is 32.7 Å². The van der Waals surface area contributed by atoms with Crippen LogP contribution in [0.4, 0.5) is 0 Å². The number of aromatic nitrogens is 2. The van der Waals surface area contributed by atoms with Gasteiger partial charge < -0.3 is 15.1 Å². The summed E-state index contributed by atoms with van der Waals surface area (Å²) in [5.74, 6) is 1.18. The molecule has 3 fully saturated rings. The first-order valence-corrected chi connectivity index (χ1v) is 13.7. The first-order valence-electron chi connectivity index (χ1n) is 12.6. The molecule has 2 aromatic rings. The van der Waals surface area contributed by atoms with E-state index in [9.17, 15) is 10.2 Å². The molecule has 0 unspecified atom stereocenters. The van der Waals surface area contributed by atoms with Gasteiger partial charge in [-0.25, -0.2) is 0 Å². The van der Waals surface area contributed by atoms with Crippen LogP contribution in [0.5, 0.6) is 5.75 Å². The maximum absolute atomic E-state index is 12.6. The summed E-state index contributed by atoms with van der Waals surface area (Å²) >= 11 is 2.25. The van der Waals surface area contributed by atoms with Crippen molar-refractivity contribution in [3.05, 3.63) is 44.8 Å². The van der Waals surface area contributed by atoms with Crippen LogP contribution in [0, 0.1) is 16.4 Å². The highest BCUT2D eigenvalue weighted by Crippen LogP contribution is 2.57. The van der Waals surface area contributed by atoms with Gasteiger partial charge in [0.15, 0.2) is 0 Å². The zero-order valence-corrected chi connectivity index (χ0v) is 21.7. The van der Waals surface area contributed by atoms with Crippen molar-refractivity contribution in [3.8, 4) is 5.75 Å². The Balaban J connectivity index is 1.33. The van der Waals surface area contributed by atoms with Crippen LogP contribution in [0.3, 0.4) is 0 Å². The lowest BCUT2D eigenvalue weighted by atomic mass is 9.52. The third-order valence-corrected chi connectivity index (χ3v) is 9.87. The van der Waals surface area contributed by atoms with Crippen LogP contribution >= 0.6 is 22.6 Å². The Hall–Kier alpha value is -1.16. The highest BCUT2D eigenvalue weighted by molar-refractivity contribution is 14.1. The van der Waals surface area contributed by atoms with Crippen LogP contribution in [-0.4, -0.2) is 74.2 Å². The van der Waals surface area contributed by atoms with Gasteiger partial charge in [-0.2, -0.15) is 5.10 Å². The molecular weight excluding hydrogens is 527 g/mol. The summed E-state index contributed by atoms with van der Waals surface area (Å²) in [6.07, 6.45) is 10.3. The van der Waals surface area contributed by atoms with Gasteiger partial charge in [0.05, 0.1) is 21.9 Å². The topological polar surface area (TPSA) is 64.8 Å². The Morgan fingerprint density at radius 2 is 1.91 bits per heavy atom. The Kier molecular flexibility index (Phi) is 5.55. The number of piperidine rings is 1. The number of halogens is 1. The van der Waals surface area contributed by atoms with Crippen molar-refractivity contribution in [1.29, 1.82) is 0 Å². The summed E-state index contributed by atoms with van der Waals surface area (Å²) in [4.78, 5) is 5.15. The third kappa shape index (κ3) is 3.74. The van der Waals surface area contributed by atoms with Gasteiger partial charge >= 0.3 is 0 Å². The molecular formula is C26H35IN4O2. The van der Waals surface area contributed by atoms with Crippen LogP contribution in [0.25, 0.3) is 0 Å². The maximum atomic E-state index is 12.6. The zero-order valence-electron chi connectivity index (χ0n) is 19.5. The van der Waals surface area contributed by atoms with Crippen LogP contribution < -0.4 is 0 Å². The van der Waals surface area contributed by atoms with Crippen molar-refractivity contribution >= 4 is 22.6 Å². The number of aromatic hydroxyl groups is 1. The molecule has 2 aliphatic carbocycles. The lowest BCUT2D eigenvalue weighted by molar-refractivity contribution is -0.149. The SMILES string of the molecule is Cc1cnn(CCN2CC[C@]34CCN(CC5CC5)[C@H](Cc5cc(I)c(O)cc53)[C@]4(O)CC2)c1. The monoisotopic (exact) mass is 562 g/mol. The molecule has 1 saturated carbocycles. The zero-order chi connectivity index (χ0) is 22.8. The van der Waals surface area contributed by atoms with Gasteiger partial charge in [0.2, 0.25) is 0 Å². The van der Waals surface area contributed by atoms with Crippen molar-refractivity contribution in [2.45, 2.75) is 69.1 Å². The third-order valence-electron chi connectivity index (χ3n) is 9.01. The predicted molar refractivity (Wildman–Crippen MR) is 136 cm³/mol. The molecule has 2 aliphatic heterocycles. The molecule has 2 saturated heterocycles. The van der Waals surface area contributed by atoms with E-state index < -0.39 is 5.60 Å². The standard InChI is InChI=1S/C26H35IN4O2/c1-18-15-28-31(16-18)11-10-29-7-4-25-5-9-30(17-19-2-3-19)24(26(25,33)6-8-29)13-20-12-22(27)23(32)14-21(20)25/h12,14-16,19,24,32-33H,2-11,13,17H2,1H3/t24-,25+,26-/m1/s1. The fourth-order valence-corrected chi connectivity index (χ4v) is 7.53. The van der Waals surface area contributed by atoms with Crippen LogP contribution in [-0.2, 0) is 18.4 Å². The molecule has 3 heterocycles. The molecule has 6 rings (SSSR count). The highest BCUT2D eigenvalue weighted by atomic mass is 127. The minimum atomic E-state index is -0.747. The molecule has 0 spiro atoms. The number of fused-ring (bicyclic) bond motifs is 1. The second-order valence-electron chi connectivity index (χ2n) is 11.0. The summed E-state index contributed by atoms with van der Waals surface area (Å²) in [7, 11) is 0. The average Bonchev–Trinajstić information content (AvgIpc) is 3.53. The summed E-state index contributed by atoms with van der Waals surface area (Å²) < 4.78 is 2.95. The Bertz CT molecular complexity index is 1050. The number of rotatable bonds is 5. The molecule has 7 heteroatoms. The van der Waals surface area contributed by atoms with Gasteiger partial charge in [0, 0.05) is 37.3 Å². The van der Waals surface area contributed by atoms with Gasteiger partial charge in [0.25, 0.3) is 0 Å². The number of benzene rings is 1. The predicted octanol–water partition coefficient (Wildman–Crippen LogP) is 3.31. The second kappa shape index (κ2) is 8.21. The summed E-state index contributed by atoms with van der Waals surface area (Å²) in [5.41, 5.74) is 2.73. The van der Waals surface area contributed by atoms with Crippen LogP contribution in [0.15, 0.2) is 24.5 Å². The summed E-state index contributed by atoms with van der Waals surface area (Å²) in [6.45, 7) is 8.00. The number of likely N-dealkylation sites (tertiary alicyclic amines) is 2. The largest absolute Gasteiger partial charge is 0.507 e. The number of aliphatic hydroxyl groups is 1. The van der Waals surface area contributed by atoms with Crippen molar-refractivity contribution in [1.82, 2.24) is 19.6 Å². The van der Waals surface area contributed by atoms with Crippen molar-refractivity contribution < 1.29 is 10.2 Å². The quantitative estimate of drug-likeness (QED) is 0.548. The molecule has 6 nitrogen and oxygen atoms in total. The molecule has 1 aromatic carbocycles. The molecule has 1 aromatic heterocycles.